The second-order valence-corrected chi connectivity index (χ2v) is 4.11. The lowest BCUT2D eigenvalue weighted by atomic mass is 10.1. The second kappa shape index (κ2) is 4.60. The van der Waals surface area contributed by atoms with Crippen molar-refractivity contribution in [3.63, 3.8) is 0 Å². The van der Waals surface area contributed by atoms with E-state index in [0.717, 1.165) is 19.1 Å². The van der Waals surface area contributed by atoms with Gasteiger partial charge in [0.2, 0.25) is 0 Å². The van der Waals surface area contributed by atoms with E-state index in [-0.39, 0.29) is 11.3 Å². The summed E-state index contributed by atoms with van der Waals surface area (Å²) in [4.78, 5) is 11.2. The van der Waals surface area contributed by atoms with Gasteiger partial charge < -0.3 is 14.0 Å². The van der Waals surface area contributed by atoms with Gasteiger partial charge in [0, 0.05) is 12.1 Å². The molecule has 0 heterocycles. The summed E-state index contributed by atoms with van der Waals surface area (Å²) in [6, 6.07) is 2.18. The van der Waals surface area contributed by atoms with Crippen molar-refractivity contribution in [1.29, 1.82) is 0 Å². The van der Waals surface area contributed by atoms with Crippen molar-refractivity contribution in [2.24, 2.45) is 0 Å². The maximum absolute atomic E-state index is 11.2. The number of carbonyl (C=O) groups excluding carboxylic acids is 1. The third-order valence-electron chi connectivity index (χ3n) is 1.84. The molecule has 0 unspecified atom stereocenters. The van der Waals surface area contributed by atoms with Gasteiger partial charge in [-0.2, -0.15) is 8.42 Å². The van der Waals surface area contributed by atoms with Gasteiger partial charge in [-0.25, -0.2) is 0 Å². The van der Waals surface area contributed by atoms with Crippen molar-refractivity contribution >= 4 is 16.2 Å². The van der Waals surface area contributed by atoms with Crippen LogP contribution >= 0.6 is 0 Å². The number of ether oxygens (including phenoxy) is 1. The molecule has 0 saturated heterocycles. The Morgan fingerprint density at radius 3 is 2.35 bits per heavy atom. The third-order valence-corrected chi connectivity index (χ3v) is 2.23. The first-order chi connectivity index (χ1) is 7.74. The topological polar surface area (TPSA) is 110 Å². The smallest absolute Gasteiger partial charge is 0.446 e. The molecule has 1 aromatic carbocycles. The van der Waals surface area contributed by atoms with Crippen molar-refractivity contribution < 1.29 is 31.8 Å². The molecule has 0 saturated carbocycles. The van der Waals surface area contributed by atoms with Crippen LogP contribution in [0.5, 0.6) is 17.2 Å². The van der Waals surface area contributed by atoms with Crippen molar-refractivity contribution in [2.75, 3.05) is 7.11 Å². The number of phenols is 1. The first-order valence-corrected chi connectivity index (χ1v) is 5.70. The standard InChI is InChI=1S/C9H10O7S/c1-5(10)9-7(11)3-6(15-2)4-8(9)16-17(12,13)14/h3-4,11H,1-2H3,(H,12,13,14). The van der Waals surface area contributed by atoms with Gasteiger partial charge in [0.1, 0.15) is 17.1 Å². The summed E-state index contributed by atoms with van der Waals surface area (Å²) >= 11 is 0. The molecule has 8 heteroatoms. The number of carbonyl (C=O) groups is 1. The Bertz CT molecular complexity index is 547. The zero-order chi connectivity index (χ0) is 13.2. The molecule has 1 aromatic rings. The number of aromatic hydroxyl groups is 1. The molecule has 0 amide bonds. The summed E-state index contributed by atoms with van der Waals surface area (Å²) < 4.78 is 38.7. The monoisotopic (exact) mass is 262 g/mol. The zero-order valence-corrected chi connectivity index (χ0v) is 9.82. The average molecular weight is 262 g/mol. The first-order valence-electron chi connectivity index (χ1n) is 4.33. The predicted octanol–water partition coefficient (Wildman–Crippen LogP) is 0.785. The van der Waals surface area contributed by atoms with Gasteiger partial charge in [-0.3, -0.25) is 9.35 Å². The molecule has 1 rings (SSSR count). The number of ketones is 1. The van der Waals surface area contributed by atoms with E-state index in [1.54, 1.807) is 0 Å². The summed E-state index contributed by atoms with van der Waals surface area (Å²) in [7, 11) is -3.52. The fourth-order valence-electron chi connectivity index (χ4n) is 1.23. The fourth-order valence-corrected chi connectivity index (χ4v) is 1.59. The van der Waals surface area contributed by atoms with Crippen molar-refractivity contribution in [3.05, 3.63) is 17.7 Å². The molecule has 0 aliphatic rings. The Labute approximate surface area is 97.5 Å². The van der Waals surface area contributed by atoms with Crippen LogP contribution in [0, 0.1) is 0 Å². The maximum atomic E-state index is 11.2. The minimum Gasteiger partial charge on any atom is -0.507 e. The molecule has 0 radical (unpaired) electrons. The van der Waals surface area contributed by atoms with Gasteiger partial charge in [-0.1, -0.05) is 0 Å². The molecule has 0 spiro atoms. The lowest BCUT2D eigenvalue weighted by molar-refractivity contribution is 0.101. The second-order valence-electron chi connectivity index (χ2n) is 3.09. The Kier molecular flexibility index (Phi) is 3.59. The summed E-state index contributed by atoms with van der Waals surface area (Å²) in [5, 5.41) is 9.51. The SMILES string of the molecule is COc1cc(O)c(C(C)=O)c(OS(=O)(=O)O)c1. The van der Waals surface area contributed by atoms with Crippen LogP contribution in [-0.2, 0) is 10.4 Å². The highest BCUT2D eigenvalue weighted by molar-refractivity contribution is 7.81. The highest BCUT2D eigenvalue weighted by Crippen LogP contribution is 2.34. The Morgan fingerprint density at radius 1 is 1.35 bits per heavy atom. The molecular weight excluding hydrogens is 252 g/mol. The number of methoxy groups -OCH3 is 1. The molecule has 2 N–H and O–H groups in total. The number of phenolic OH excluding ortho intramolecular Hbond substituents is 1. The minimum absolute atomic E-state index is 0.0751. The molecule has 0 aliphatic heterocycles. The quantitative estimate of drug-likeness (QED) is 0.609. The summed E-state index contributed by atoms with van der Waals surface area (Å²) in [6.07, 6.45) is 0. The molecule has 0 bridgehead atoms. The van der Waals surface area contributed by atoms with Gasteiger partial charge in [0.25, 0.3) is 0 Å². The van der Waals surface area contributed by atoms with E-state index in [4.69, 9.17) is 9.29 Å². The Balaban J connectivity index is 3.43. The molecule has 0 aromatic heterocycles. The number of rotatable bonds is 4. The van der Waals surface area contributed by atoms with E-state index >= 15 is 0 Å². The van der Waals surface area contributed by atoms with E-state index in [1.165, 1.54) is 7.11 Å². The molecule has 0 aliphatic carbocycles. The largest absolute Gasteiger partial charge is 0.507 e. The lowest BCUT2D eigenvalue weighted by Gasteiger charge is -2.10. The highest BCUT2D eigenvalue weighted by Gasteiger charge is 2.20. The zero-order valence-electron chi connectivity index (χ0n) is 9.00. The molecular formula is C9H10O7S. The van der Waals surface area contributed by atoms with Crippen molar-refractivity contribution in [2.45, 2.75) is 6.92 Å². The van der Waals surface area contributed by atoms with Crippen molar-refractivity contribution in [3.8, 4) is 17.2 Å². The van der Waals surface area contributed by atoms with Crippen LogP contribution in [0.3, 0.4) is 0 Å². The lowest BCUT2D eigenvalue weighted by Crippen LogP contribution is -2.10. The number of hydrogen-bond donors (Lipinski definition) is 2. The van der Waals surface area contributed by atoms with E-state index in [1.807, 2.05) is 0 Å². The minimum atomic E-state index is -4.79. The first kappa shape index (κ1) is 13.3. The summed E-state index contributed by atoms with van der Waals surface area (Å²) in [6.45, 7) is 1.11. The van der Waals surface area contributed by atoms with Gasteiger partial charge in [0.15, 0.2) is 11.5 Å². The predicted molar refractivity (Wildman–Crippen MR) is 56.8 cm³/mol. The molecule has 94 valence electrons. The molecule has 0 fully saturated rings. The van der Waals surface area contributed by atoms with Gasteiger partial charge in [-0.15, -0.1) is 0 Å². The van der Waals surface area contributed by atoms with Crippen LogP contribution in [0.2, 0.25) is 0 Å². The van der Waals surface area contributed by atoms with Gasteiger partial charge in [-0.05, 0) is 6.92 Å². The molecule has 0 atom stereocenters. The molecule has 7 nitrogen and oxygen atoms in total. The van der Waals surface area contributed by atoms with E-state index in [2.05, 4.69) is 4.18 Å². The highest BCUT2D eigenvalue weighted by atomic mass is 32.3. The number of benzene rings is 1. The fraction of sp³-hybridized carbons (Fsp3) is 0.222. The normalized spacial score (nSPS) is 11.0. The Morgan fingerprint density at radius 2 is 1.94 bits per heavy atom. The Hall–Kier alpha value is -1.80. The van der Waals surface area contributed by atoms with Gasteiger partial charge >= 0.3 is 10.4 Å². The number of hydrogen-bond acceptors (Lipinski definition) is 6. The van der Waals surface area contributed by atoms with E-state index in [0.29, 0.717) is 0 Å². The van der Waals surface area contributed by atoms with Crippen LogP contribution in [-0.4, -0.2) is 31.0 Å². The van der Waals surface area contributed by atoms with Crippen LogP contribution in [0.15, 0.2) is 12.1 Å². The van der Waals surface area contributed by atoms with Crippen LogP contribution in [0.1, 0.15) is 17.3 Å². The third kappa shape index (κ3) is 3.33. The summed E-state index contributed by atoms with van der Waals surface area (Å²) in [5.41, 5.74) is -0.358. The van der Waals surface area contributed by atoms with E-state index in [9.17, 15) is 18.3 Å². The average Bonchev–Trinajstić information content (AvgIpc) is 2.13. The summed E-state index contributed by atoms with van der Waals surface area (Å²) in [5.74, 6) is -1.55. The van der Waals surface area contributed by atoms with Crippen molar-refractivity contribution in [1.82, 2.24) is 0 Å². The maximum Gasteiger partial charge on any atom is 0.446 e. The van der Waals surface area contributed by atoms with E-state index < -0.39 is 27.7 Å². The molecule has 17 heavy (non-hydrogen) atoms. The van der Waals surface area contributed by atoms with Crippen LogP contribution in [0.4, 0.5) is 0 Å². The van der Waals surface area contributed by atoms with Gasteiger partial charge in [0.05, 0.1) is 7.11 Å². The number of Topliss-reactive ketones (excluding diaryl/α,β-unsaturated/α-hetero) is 1. The van der Waals surface area contributed by atoms with Crippen LogP contribution < -0.4 is 8.92 Å². The van der Waals surface area contributed by atoms with Crippen LogP contribution in [0.25, 0.3) is 0 Å².